The van der Waals surface area contributed by atoms with Crippen LogP contribution in [0.25, 0.3) is 0 Å². The Labute approximate surface area is 166 Å². The van der Waals surface area contributed by atoms with Crippen LogP contribution in [0.2, 0.25) is 0 Å². The Bertz CT molecular complexity index is 989. The molecule has 0 radical (unpaired) electrons. The Balaban J connectivity index is 1.78. The number of benzene rings is 2. The molecule has 2 aromatic rings. The smallest absolute Gasteiger partial charge is 0.266 e. The van der Waals surface area contributed by atoms with Crippen molar-refractivity contribution >= 4 is 23.1 Å². The van der Waals surface area contributed by atoms with Gasteiger partial charge in [0.1, 0.15) is 5.71 Å². The minimum absolute atomic E-state index is 0.0182. The van der Waals surface area contributed by atoms with Gasteiger partial charge < -0.3 is 14.8 Å². The summed E-state index contributed by atoms with van der Waals surface area (Å²) >= 11 is 0. The topological polar surface area (TPSA) is 77.0 Å². The van der Waals surface area contributed by atoms with E-state index in [1.807, 2.05) is 6.92 Å². The molecule has 1 heterocycles. The van der Waals surface area contributed by atoms with Gasteiger partial charge in [0.2, 0.25) is 0 Å². The Morgan fingerprint density at radius 2 is 1.97 bits per heavy atom. The lowest BCUT2D eigenvalue weighted by Gasteiger charge is -2.18. The highest BCUT2D eigenvalue weighted by molar-refractivity contribution is 6.44. The second-order valence-corrected chi connectivity index (χ2v) is 6.43. The first kappa shape index (κ1) is 20.4. The van der Waals surface area contributed by atoms with E-state index in [1.165, 1.54) is 31.4 Å². The van der Waals surface area contributed by atoms with E-state index in [0.29, 0.717) is 12.0 Å². The SMILES string of the molecule is CCCOc1c(F)ccc2c1C(=O)CC(C(=O)NCc1ccc(F)c(OC)c1)=N2. The van der Waals surface area contributed by atoms with E-state index in [1.54, 1.807) is 0 Å². The molecule has 0 bridgehead atoms. The van der Waals surface area contributed by atoms with Crippen molar-refractivity contribution < 1.29 is 27.8 Å². The first-order chi connectivity index (χ1) is 13.9. The van der Waals surface area contributed by atoms with Crippen LogP contribution in [-0.4, -0.2) is 31.1 Å². The number of hydrogen-bond acceptors (Lipinski definition) is 5. The number of nitrogens with one attached hydrogen (secondary N) is 1. The Morgan fingerprint density at radius 3 is 2.69 bits per heavy atom. The number of hydrogen-bond donors (Lipinski definition) is 1. The number of carbonyl (C=O) groups excluding carboxylic acids is 2. The standard InChI is InChI=1S/C21H20F2N2O4/c1-3-8-29-20-14(23)6-7-15-19(20)17(26)10-16(25-15)21(27)24-11-12-4-5-13(22)18(9-12)28-2/h4-7,9H,3,8,10-11H2,1-2H3,(H,24,27). The van der Waals surface area contributed by atoms with Crippen LogP contribution in [0.5, 0.6) is 11.5 Å². The molecular formula is C21H20F2N2O4. The molecule has 0 aliphatic carbocycles. The van der Waals surface area contributed by atoms with Gasteiger partial charge in [-0.1, -0.05) is 13.0 Å². The predicted octanol–water partition coefficient (Wildman–Crippen LogP) is 3.74. The Morgan fingerprint density at radius 1 is 1.21 bits per heavy atom. The molecule has 0 saturated carbocycles. The van der Waals surface area contributed by atoms with Gasteiger partial charge in [-0.05, 0) is 36.2 Å². The van der Waals surface area contributed by atoms with Crippen molar-refractivity contribution in [3.05, 3.63) is 53.1 Å². The van der Waals surface area contributed by atoms with Crippen LogP contribution in [0.3, 0.4) is 0 Å². The van der Waals surface area contributed by atoms with Crippen molar-refractivity contribution in [2.24, 2.45) is 4.99 Å². The summed E-state index contributed by atoms with van der Waals surface area (Å²) in [6.07, 6.45) is 0.389. The largest absolute Gasteiger partial charge is 0.494 e. The van der Waals surface area contributed by atoms with Gasteiger partial charge in [-0.25, -0.2) is 13.8 Å². The molecule has 1 aliphatic heterocycles. The number of aliphatic imine (C=N–C) groups is 1. The van der Waals surface area contributed by atoms with Gasteiger partial charge >= 0.3 is 0 Å². The lowest BCUT2D eigenvalue weighted by molar-refractivity contribution is -0.115. The monoisotopic (exact) mass is 402 g/mol. The second-order valence-electron chi connectivity index (χ2n) is 6.43. The molecule has 1 aliphatic rings. The lowest BCUT2D eigenvalue weighted by atomic mass is 9.98. The molecule has 152 valence electrons. The minimum Gasteiger partial charge on any atom is -0.494 e. The van der Waals surface area contributed by atoms with E-state index in [-0.39, 0.29) is 48.0 Å². The van der Waals surface area contributed by atoms with Crippen LogP contribution in [-0.2, 0) is 11.3 Å². The maximum atomic E-state index is 14.1. The van der Waals surface area contributed by atoms with E-state index >= 15 is 0 Å². The Kier molecular flexibility index (Phi) is 6.21. The van der Waals surface area contributed by atoms with E-state index in [9.17, 15) is 18.4 Å². The zero-order chi connectivity index (χ0) is 21.0. The summed E-state index contributed by atoms with van der Waals surface area (Å²) in [6, 6.07) is 6.73. The van der Waals surface area contributed by atoms with E-state index in [4.69, 9.17) is 9.47 Å². The summed E-state index contributed by atoms with van der Waals surface area (Å²) in [5, 5.41) is 2.65. The number of rotatable bonds is 7. The first-order valence-corrected chi connectivity index (χ1v) is 9.11. The molecule has 2 aromatic carbocycles. The number of carbonyl (C=O) groups is 2. The fourth-order valence-electron chi connectivity index (χ4n) is 2.91. The molecular weight excluding hydrogens is 382 g/mol. The van der Waals surface area contributed by atoms with Crippen molar-refractivity contribution in [3.8, 4) is 11.5 Å². The third-order valence-corrected chi connectivity index (χ3v) is 4.33. The van der Waals surface area contributed by atoms with Crippen molar-refractivity contribution in [3.63, 3.8) is 0 Å². The van der Waals surface area contributed by atoms with Crippen LogP contribution in [0.15, 0.2) is 35.3 Å². The number of fused-ring (bicyclic) bond motifs is 1. The molecule has 1 N–H and O–H groups in total. The summed E-state index contributed by atoms with van der Waals surface area (Å²) in [6.45, 7) is 2.23. The van der Waals surface area contributed by atoms with Gasteiger partial charge in [-0.3, -0.25) is 9.59 Å². The zero-order valence-electron chi connectivity index (χ0n) is 16.1. The normalized spacial score (nSPS) is 12.8. The van der Waals surface area contributed by atoms with Crippen LogP contribution >= 0.6 is 0 Å². The predicted molar refractivity (Wildman–Crippen MR) is 103 cm³/mol. The van der Waals surface area contributed by atoms with Crippen molar-refractivity contribution in [2.45, 2.75) is 26.3 Å². The van der Waals surface area contributed by atoms with Gasteiger partial charge in [0.25, 0.3) is 5.91 Å². The average Bonchev–Trinajstić information content (AvgIpc) is 2.72. The molecule has 29 heavy (non-hydrogen) atoms. The minimum atomic E-state index is -0.640. The molecule has 0 spiro atoms. The zero-order valence-corrected chi connectivity index (χ0v) is 16.1. The summed E-state index contributed by atoms with van der Waals surface area (Å²) in [5.41, 5.74) is 0.891. The summed E-state index contributed by atoms with van der Waals surface area (Å²) < 4.78 is 37.9. The lowest BCUT2D eigenvalue weighted by Crippen LogP contribution is -2.33. The Hall–Kier alpha value is -3.29. The van der Waals surface area contributed by atoms with Crippen molar-refractivity contribution in [2.75, 3.05) is 13.7 Å². The molecule has 1 amide bonds. The quantitative estimate of drug-likeness (QED) is 0.766. The van der Waals surface area contributed by atoms with E-state index in [2.05, 4.69) is 10.3 Å². The molecule has 0 saturated heterocycles. The van der Waals surface area contributed by atoms with Gasteiger partial charge in [0.15, 0.2) is 28.9 Å². The van der Waals surface area contributed by atoms with Gasteiger partial charge in [-0.15, -0.1) is 0 Å². The van der Waals surface area contributed by atoms with Gasteiger partial charge in [0, 0.05) is 6.54 Å². The maximum absolute atomic E-state index is 14.1. The van der Waals surface area contributed by atoms with Crippen molar-refractivity contribution in [1.82, 2.24) is 5.32 Å². The molecule has 3 rings (SSSR count). The number of methoxy groups -OCH3 is 1. The molecule has 0 unspecified atom stereocenters. The number of ether oxygens (including phenoxy) is 2. The third kappa shape index (κ3) is 4.42. The van der Waals surface area contributed by atoms with Crippen LogP contribution in [0, 0.1) is 11.6 Å². The number of amides is 1. The first-order valence-electron chi connectivity index (χ1n) is 9.11. The average molecular weight is 402 g/mol. The number of halogens is 2. The van der Waals surface area contributed by atoms with Crippen LogP contribution in [0.1, 0.15) is 35.7 Å². The van der Waals surface area contributed by atoms with Crippen LogP contribution < -0.4 is 14.8 Å². The molecule has 0 fully saturated rings. The van der Waals surface area contributed by atoms with Gasteiger partial charge in [-0.2, -0.15) is 0 Å². The van der Waals surface area contributed by atoms with Gasteiger partial charge in [0.05, 0.1) is 31.4 Å². The highest BCUT2D eigenvalue weighted by atomic mass is 19.1. The maximum Gasteiger partial charge on any atom is 0.266 e. The highest BCUT2D eigenvalue weighted by Crippen LogP contribution is 2.36. The third-order valence-electron chi connectivity index (χ3n) is 4.33. The summed E-state index contributed by atoms with van der Waals surface area (Å²) in [7, 11) is 1.35. The number of ketones is 1. The molecule has 0 atom stereocenters. The fraction of sp³-hybridized carbons (Fsp3) is 0.286. The number of nitrogens with zero attached hydrogens (tertiary/aromatic N) is 1. The number of Topliss-reactive ketones (excluding diaryl/α,β-unsaturated/α-hetero) is 1. The summed E-state index contributed by atoms with van der Waals surface area (Å²) in [4.78, 5) is 29.3. The molecule has 8 heteroatoms. The van der Waals surface area contributed by atoms with Crippen LogP contribution in [0.4, 0.5) is 14.5 Å². The molecule has 0 aromatic heterocycles. The summed E-state index contributed by atoms with van der Waals surface area (Å²) in [5.74, 6) is -2.18. The molecule has 6 nitrogen and oxygen atoms in total. The highest BCUT2D eigenvalue weighted by Gasteiger charge is 2.29. The van der Waals surface area contributed by atoms with Crippen molar-refractivity contribution in [1.29, 1.82) is 0 Å². The van der Waals surface area contributed by atoms with E-state index in [0.717, 1.165) is 6.07 Å². The fourth-order valence-corrected chi connectivity index (χ4v) is 2.91. The van der Waals surface area contributed by atoms with E-state index < -0.39 is 23.3 Å². The second kappa shape index (κ2) is 8.81.